The van der Waals surface area contributed by atoms with Crippen LogP contribution < -0.4 is 10.0 Å². The summed E-state index contributed by atoms with van der Waals surface area (Å²) in [5.74, 6) is 0. The molecule has 68 valence electrons. The second kappa shape index (κ2) is 2.96. The molecule has 0 aliphatic carbocycles. The molecule has 0 bridgehead atoms. The summed E-state index contributed by atoms with van der Waals surface area (Å²) in [4.78, 5) is 12.1. The number of nitrogens with one attached hydrogen (secondary N) is 2. The molecule has 0 radical (unpaired) electrons. The minimum Gasteiger partial charge on any atom is -0.306 e. The number of amides is 2. The molecule has 0 fully saturated rings. The summed E-state index contributed by atoms with van der Waals surface area (Å²) in [6, 6.07) is 3.93. The number of aryl methyl sites for hydroxylation is 2. The van der Waals surface area contributed by atoms with Gasteiger partial charge in [0.25, 0.3) is 0 Å². The van der Waals surface area contributed by atoms with E-state index in [1.54, 1.807) is 0 Å². The number of fused-ring (bicyclic) bond motifs is 1. The van der Waals surface area contributed by atoms with E-state index in [0.29, 0.717) is 0 Å². The zero-order valence-electron chi connectivity index (χ0n) is 7.47. The summed E-state index contributed by atoms with van der Waals surface area (Å²) in [6.45, 7) is 4.06. The second-order valence-electron chi connectivity index (χ2n) is 3.12. The van der Waals surface area contributed by atoms with Gasteiger partial charge in [0.15, 0.2) is 0 Å². The highest BCUT2D eigenvalue weighted by molar-refractivity contribution is 7.98. The Hall–Kier alpha value is -1.16. The third-order valence-electron chi connectivity index (χ3n) is 1.91. The van der Waals surface area contributed by atoms with Crippen LogP contribution in [0.4, 0.5) is 10.5 Å². The highest BCUT2D eigenvalue weighted by Gasteiger charge is 2.16. The van der Waals surface area contributed by atoms with Gasteiger partial charge in [-0.25, -0.2) is 4.79 Å². The molecular formula is C9H10N2OS. The average Bonchev–Trinajstić information content (AvgIpc) is 2.02. The number of carbonyl (C=O) groups is 1. The molecular weight excluding hydrogens is 184 g/mol. The van der Waals surface area contributed by atoms with Crippen LogP contribution in [0, 0.1) is 13.8 Å². The predicted molar refractivity (Wildman–Crippen MR) is 53.9 cm³/mol. The van der Waals surface area contributed by atoms with Crippen LogP contribution in [0.3, 0.4) is 0 Å². The van der Waals surface area contributed by atoms with E-state index in [4.69, 9.17) is 0 Å². The van der Waals surface area contributed by atoms with Crippen LogP contribution in [-0.4, -0.2) is 6.03 Å². The van der Waals surface area contributed by atoms with Crippen LogP contribution in [0.5, 0.6) is 0 Å². The topological polar surface area (TPSA) is 41.1 Å². The van der Waals surface area contributed by atoms with Gasteiger partial charge in [0.05, 0.1) is 10.6 Å². The van der Waals surface area contributed by atoms with E-state index in [1.165, 1.54) is 23.1 Å². The molecule has 0 atom stereocenters. The Morgan fingerprint density at radius 3 is 2.85 bits per heavy atom. The van der Waals surface area contributed by atoms with E-state index in [2.05, 4.69) is 16.1 Å². The average molecular weight is 194 g/mol. The molecule has 1 aromatic rings. The molecule has 2 rings (SSSR count). The molecule has 13 heavy (non-hydrogen) atoms. The Balaban J connectivity index is 2.53. The van der Waals surface area contributed by atoms with Crippen molar-refractivity contribution in [2.45, 2.75) is 18.7 Å². The van der Waals surface area contributed by atoms with Gasteiger partial charge in [-0.3, -0.25) is 4.72 Å². The Labute approximate surface area is 81.0 Å². The molecule has 4 heteroatoms. The second-order valence-corrected chi connectivity index (χ2v) is 3.93. The van der Waals surface area contributed by atoms with Gasteiger partial charge in [0.2, 0.25) is 0 Å². The lowest BCUT2D eigenvalue weighted by molar-refractivity contribution is 0.257. The number of hydrogen-bond acceptors (Lipinski definition) is 2. The quantitative estimate of drug-likeness (QED) is 0.623. The standard InChI is InChI=1S/C9H10N2OS/c1-5-3-6(2)8-7(4-5)10-9(12)11-13-8/h3-4H,1-2H3,(H2,10,11,12). The number of anilines is 1. The van der Waals surface area contributed by atoms with Crippen molar-refractivity contribution in [2.75, 3.05) is 5.32 Å². The van der Waals surface area contributed by atoms with Crippen molar-refractivity contribution in [2.24, 2.45) is 0 Å². The third-order valence-corrected chi connectivity index (χ3v) is 2.95. The van der Waals surface area contributed by atoms with Crippen molar-refractivity contribution in [1.29, 1.82) is 0 Å². The maximum absolute atomic E-state index is 11.0. The minimum atomic E-state index is -0.150. The highest BCUT2D eigenvalue weighted by atomic mass is 32.2. The molecule has 0 saturated carbocycles. The lowest BCUT2D eigenvalue weighted by atomic mass is 10.1. The maximum atomic E-state index is 11.0. The maximum Gasteiger partial charge on any atom is 0.329 e. The van der Waals surface area contributed by atoms with E-state index < -0.39 is 0 Å². The zero-order chi connectivity index (χ0) is 9.42. The summed E-state index contributed by atoms with van der Waals surface area (Å²) in [7, 11) is 0. The van der Waals surface area contributed by atoms with E-state index in [-0.39, 0.29) is 6.03 Å². The van der Waals surface area contributed by atoms with Crippen LogP contribution in [0.15, 0.2) is 17.0 Å². The van der Waals surface area contributed by atoms with Crippen LogP contribution in [0.25, 0.3) is 0 Å². The molecule has 1 heterocycles. The molecule has 1 aliphatic rings. The molecule has 0 saturated heterocycles. The van der Waals surface area contributed by atoms with E-state index in [9.17, 15) is 4.79 Å². The van der Waals surface area contributed by atoms with Gasteiger partial charge >= 0.3 is 6.03 Å². The van der Waals surface area contributed by atoms with E-state index in [1.807, 2.05) is 19.9 Å². The van der Waals surface area contributed by atoms with E-state index >= 15 is 0 Å². The first kappa shape index (κ1) is 8.44. The lowest BCUT2D eigenvalue weighted by Gasteiger charge is -2.19. The fraction of sp³-hybridized carbons (Fsp3) is 0.222. The summed E-state index contributed by atoms with van der Waals surface area (Å²) < 4.78 is 2.67. The van der Waals surface area contributed by atoms with Gasteiger partial charge in [-0.05, 0) is 43.0 Å². The van der Waals surface area contributed by atoms with E-state index in [0.717, 1.165) is 10.6 Å². The number of benzene rings is 1. The van der Waals surface area contributed by atoms with Gasteiger partial charge in [0, 0.05) is 0 Å². The number of carbonyl (C=O) groups excluding carboxylic acids is 1. The molecule has 0 spiro atoms. The molecule has 3 nitrogen and oxygen atoms in total. The first-order valence-electron chi connectivity index (χ1n) is 4.02. The smallest absolute Gasteiger partial charge is 0.306 e. The van der Waals surface area contributed by atoms with Gasteiger partial charge in [-0.2, -0.15) is 0 Å². The molecule has 0 aromatic heterocycles. The monoisotopic (exact) mass is 194 g/mol. The minimum absolute atomic E-state index is 0.150. The zero-order valence-corrected chi connectivity index (χ0v) is 8.29. The fourth-order valence-electron chi connectivity index (χ4n) is 1.43. The van der Waals surface area contributed by atoms with Crippen molar-refractivity contribution in [3.63, 3.8) is 0 Å². The van der Waals surface area contributed by atoms with Gasteiger partial charge in [-0.1, -0.05) is 6.07 Å². The predicted octanol–water partition coefficient (Wildman–Crippen LogP) is 2.45. The van der Waals surface area contributed by atoms with Crippen molar-refractivity contribution in [1.82, 2.24) is 4.72 Å². The largest absolute Gasteiger partial charge is 0.329 e. The molecule has 2 amide bonds. The SMILES string of the molecule is Cc1cc(C)c2c(c1)NC(=O)NS2. The summed E-state index contributed by atoms with van der Waals surface area (Å²) in [5.41, 5.74) is 3.26. The summed E-state index contributed by atoms with van der Waals surface area (Å²) >= 11 is 1.37. The van der Waals surface area contributed by atoms with Crippen molar-refractivity contribution < 1.29 is 4.79 Å². The Kier molecular flexibility index (Phi) is 1.92. The molecule has 0 unspecified atom stereocenters. The third kappa shape index (κ3) is 1.49. The normalized spacial score (nSPS) is 14.5. The number of hydrogen-bond donors (Lipinski definition) is 2. The fourth-order valence-corrected chi connectivity index (χ4v) is 2.11. The van der Waals surface area contributed by atoms with Crippen LogP contribution in [0.2, 0.25) is 0 Å². The first-order valence-corrected chi connectivity index (χ1v) is 4.83. The Bertz CT molecular complexity index is 376. The summed E-state index contributed by atoms with van der Waals surface area (Å²) in [5, 5.41) is 2.77. The van der Waals surface area contributed by atoms with Crippen molar-refractivity contribution in [3.8, 4) is 0 Å². The van der Waals surface area contributed by atoms with Crippen molar-refractivity contribution >= 4 is 23.7 Å². The van der Waals surface area contributed by atoms with Crippen LogP contribution >= 0.6 is 11.9 Å². The molecule has 2 N–H and O–H groups in total. The van der Waals surface area contributed by atoms with Gasteiger partial charge < -0.3 is 5.32 Å². The molecule has 1 aliphatic heterocycles. The van der Waals surface area contributed by atoms with Crippen LogP contribution in [-0.2, 0) is 0 Å². The Morgan fingerprint density at radius 1 is 1.31 bits per heavy atom. The van der Waals surface area contributed by atoms with Crippen LogP contribution in [0.1, 0.15) is 11.1 Å². The summed E-state index contributed by atoms with van der Waals surface area (Å²) in [6.07, 6.45) is 0. The van der Waals surface area contributed by atoms with Crippen molar-refractivity contribution in [3.05, 3.63) is 23.3 Å². The first-order chi connectivity index (χ1) is 6.16. The lowest BCUT2D eigenvalue weighted by Crippen LogP contribution is -2.27. The highest BCUT2D eigenvalue weighted by Crippen LogP contribution is 2.32. The number of rotatable bonds is 0. The Morgan fingerprint density at radius 2 is 2.08 bits per heavy atom. The van der Waals surface area contributed by atoms with Gasteiger partial charge in [0.1, 0.15) is 0 Å². The number of urea groups is 1. The van der Waals surface area contributed by atoms with Gasteiger partial charge in [-0.15, -0.1) is 0 Å². The molecule has 1 aromatic carbocycles.